The molecule has 2 aliphatic heterocycles. The van der Waals surface area contributed by atoms with E-state index in [1.165, 1.54) is 0 Å². The molecule has 0 aromatic carbocycles. The second-order valence-corrected chi connectivity index (χ2v) is 13.8. The van der Waals surface area contributed by atoms with Gasteiger partial charge in [0.05, 0.1) is 16.7 Å². The van der Waals surface area contributed by atoms with Crippen LogP contribution >= 0.6 is 0 Å². The quantitative estimate of drug-likeness (QED) is 0.517. The Morgan fingerprint density at radius 2 is 1.92 bits per heavy atom. The Bertz CT molecular complexity index is 1150. The van der Waals surface area contributed by atoms with Gasteiger partial charge in [0.1, 0.15) is 17.2 Å². The second-order valence-electron chi connectivity index (χ2n) is 11.8. The molecule has 0 unspecified atom stereocenters. The molecular formula is C27H40N4O6S. The third-order valence-electron chi connectivity index (χ3n) is 7.47. The van der Waals surface area contributed by atoms with Gasteiger partial charge < -0.3 is 15.0 Å². The predicted octanol–water partition coefficient (Wildman–Crippen LogP) is 3.34. The Balaban J connectivity index is 1.58. The van der Waals surface area contributed by atoms with Crippen LogP contribution in [0.1, 0.15) is 85.0 Å². The van der Waals surface area contributed by atoms with Crippen LogP contribution < -0.4 is 10.0 Å². The van der Waals surface area contributed by atoms with Gasteiger partial charge in [-0.3, -0.25) is 14.3 Å². The van der Waals surface area contributed by atoms with E-state index in [4.69, 9.17) is 4.74 Å². The van der Waals surface area contributed by atoms with E-state index >= 15 is 0 Å². The molecule has 0 aromatic rings. The molecule has 2 N–H and O–H groups in total. The minimum atomic E-state index is -3.75. The maximum atomic E-state index is 13.6. The maximum Gasteiger partial charge on any atom is 0.434 e. The van der Waals surface area contributed by atoms with Crippen LogP contribution in [-0.2, 0) is 24.3 Å². The highest BCUT2D eigenvalue weighted by molar-refractivity contribution is 7.91. The van der Waals surface area contributed by atoms with Crippen LogP contribution in [0.25, 0.3) is 0 Å². The third-order valence-corrected chi connectivity index (χ3v) is 9.29. The first-order valence-corrected chi connectivity index (χ1v) is 15.2. The van der Waals surface area contributed by atoms with E-state index in [2.05, 4.69) is 21.6 Å². The van der Waals surface area contributed by atoms with Crippen LogP contribution in [0.15, 0.2) is 29.4 Å². The van der Waals surface area contributed by atoms with Crippen molar-refractivity contribution in [3.8, 4) is 0 Å². The first-order chi connectivity index (χ1) is 17.8. The number of amides is 3. The number of hydrogen-bond acceptors (Lipinski definition) is 7. The number of nitrogens with one attached hydrogen (secondary N) is 2. The number of aliphatic imine (C=N–C) groups is 1. The summed E-state index contributed by atoms with van der Waals surface area (Å²) in [6.07, 6.45) is 9.86. The van der Waals surface area contributed by atoms with E-state index in [1.54, 1.807) is 20.8 Å². The monoisotopic (exact) mass is 548 g/mol. The van der Waals surface area contributed by atoms with E-state index in [-0.39, 0.29) is 11.8 Å². The molecule has 210 valence electrons. The van der Waals surface area contributed by atoms with E-state index in [1.807, 2.05) is 17.1 Å². The summed E-state index contributed by atoms with van der Waals surface area (Å²) in [5, 5.41) is 2.38. The lowest BCUT2D eigenvalue weighted by atomic mass is 10.1. The zero-order valence-electron chi connectivity index (χ0n) is 22.6. The highest BCUT2D eigenvalue weighted by atomic mass is 32.2. The average Bonchev–Trinajstić information content (AvgIpc) is 3.72. The van der Waals surface area contributed by atoms with E-state index in [0.29, 0.717) is 50.1 Å². The molecule has 3 atom stereocenters. The van der Waals surface area contributed by atoms with Crippen molar-refractivity contribution in [1.29, 1.82) is 0 Å². The Kier molecular flexibility index (Phi) is 8.07. The Morgan fingerprint density at radius 1 is 1.18 bits per heavy atom. The van der Waals surface area contributed by atoms with Crippen molar-refractivity contribution in [3.63, 3.8) is 0 Å². The fourth-order valence-corrected chi connectivity index (χ4v) is 6.51. The number of carbonyl (C=O) groups is 3. The molecule has 0 radical (unpaired) electrons. The first-order valence-electron chi connectivity index (χ1n) is 13.6. The third kappa shape index (κ3) is 6.65. The number of hydrogen-bond donors (Lipinski definition) is 2. The lowest BCUT2D eigenvalue weighted by Crippen LogP contribution is -2.56. The standard InChI is InChI=1S/C27H40N4O6S/c1-18-21(28-25(34)37-26(2,3)4)12-9-7-5-6-8-11-19-17-27(19,24(33)30-38(35,36)20-14-15-20)29-23(32)22-13-10-16-31(18)22/h8,11,19-20,22H,1,5-7,9-10,12-17H2,2-4H3,(H,29,32)(H,30,33)/b11-8-,28-21?/t19-,22+,27-/m1/s1. The minimum absolute atomic E-state index is 0.270. The summed E-state index contributed by atoms with van der Waals surface area (Å²) < 4.78 is 32.6. The van der Waals surface area contributed by atoms with E-state index < -0.39 is 44.5 Å². The van der Waals surface area contributed by atoms with Gasteiger partial charge in [-0.2, -0.15) is 4.99 Å². The van der Waals surface area contributed by atoms with Crippen molar-refractivity contribution in [2.45, 2.75) is 107 Å². The molecule has 4 rings (SSSR count). The molecule has 2 aliphatic carbocycles. The summed E-state index contributed by atoms with van der Waals surface area (Å²) in [6.45, 7) is 10.1. The number of fused-ring (bicyclic) bond motifs is 2. The van der Waals surface area contributed by atoms with Gasteiger partial charge in [0.25, 0.3) is 5.91 Å². The summed E-state index contributed by atoms with van der Waals surface area (Å²) in [6, 6.07) is -0.605. The van der Waals surface area contributed by atoms with E-state index in [9.17, 15) is 22.8 Å². The van der Waals surface area contributed by atoms with Crippen molar-refractivity contribution >= 4 is 33.6 Å². The van der Waals surface area contributed by atoms with Crippen molar-refractivity contribution in [2.24, 2.45) is 10.9 Å². The zero-order valence-corrected chi connectivity index (χ0v) is 23.4. The van der Waals surface area contributed by atoms with Crippen LogP contribution in [0.5, 0.6) is 0 Å². The largest absolute Gasteiger partial charge is 0.442 e. The molecule has 0 bridgehead atoms. The molecule has 11 heteroatoms. The highest BCUT2D eigenvalue weighted by Gasteiger charge is 2.61. The van der Waals surface area contributed by atoms with Crippen LogP contribution in [0.3, 0.4) is 0 Å². The van der Waals surface area contributed by atoms with Crippen molar-refractivity contribution < 1.29 is 27.5 Å². The van der Waals surface area contributed by atoms with Crippen molar-refractivity contribution in [2.75, 3.05) is 6.54 Å². The molecular weight excluding hydrogens is 508 g/mol. The second kappa shape index (κ2) is 10.8. The summed E-state index contributed by atoms with van der Waals surface area (Å²) >= 11 is 0. The number of sulfonamides is 1. The Hall–Kier alpha value is -2.69. The summed E-state index contributed by atoms with van der Waals surface area (Å²) in [5.41, 5.74) is -0.980. The topological polar surface area (TPSA) is 134 Å². The lowest BCUT2D eigenvalue weighted by molar-refractivity contribution is -0.131. The van der Waals surface area contributed by atoms with Crippen LogP contribution in [0.4, 0.5) is 4.79 Å². The van der Waals surface area contributed by atoms with Gasteiger partial charge in [-0.05, 0) is 78.6 Å². The summed E-state index contributed by atoms with van der Waals surface area (Å²) in [5.74, 6) is -1.30. The molecule has 10 nitrogen and oxygen atoms in total. The van der Waals surface area contributed by atoms with Crippen molar-refractivity contribution in [1.82, 2.24) is 14.9 Å². The number of rotatable bonds is 3. The number of ether oxygens (including phenoxy) is 1. The van der Waals surface area contributed by atoms with Gasteiger partial charge in [-0.25, -0.2) is 13.2 Å². The fraction of sp³-hybridized carbons (Fsp3) is 0.704. The predicted molar refractivity (Wildman–Crippen MR) is 144 cm³/mol. The average molecular weight is 549 g/mol. The zero-order chi connectivity index (χ0) is 27.7. The van der Waals surface area contributed by atoms with Gasteiger partial charge in [0.2, 0.25) is 15.9 Å². The van der Waals surface area contributed by atoms with Crippen LogP contribution in [0.2, 0.25) is 0 Å². The van der Waals surface area contributed by atoms with Gasteiger partial charge in [0.15, 0.2) is 0 Å². The summed E-state index contributed by atoms with van der Waals surface area (Å²) in [4.78, 5) is 45.4. The molecule has 0 spiro atoms. The SMILES string of the molecule is C=C1C(=NC(=O)OC(C)(C)C)CCCCC/C=C\[C@@H]2C[C@@]2(C(=O)NS(=O)(=O)C2CC2)NC(=O)[C@@H]2CCCN12. The molecule has 0 aromatic heterocycles. The number of allylic oxidation sites excluding steroid dienone is 2. The smallest absolute Gasteiger partial charge is 0.434 e. The maximum absolute atomic E-state index is 13.6. The molecule has 4 aliphatic rings. The van der Waals surface area contributed by atoms with Gasteiger partial charge in [0, 0.05) is 12.5 Å². The fourth-order valence-electron chi connectivity index (χ4n) is 5.15. The van der Waals surface area contributed by atoms with Gasteiger partial charge >= 0.3 is 6.09 Å². The molecule has 3 amide bonds. The molecule has 2 saturated carbocycles. The van der Waals surface area contributed by atoms with Crippen LogP contribution in [0, 0.1) is 5.92 Å². The normalized spacial score (nSPS) is 30.8. The Labute approximate surface area is 225 Å². The lowest BCUT2D eigenvalue weighted by Gasteiger charge is -2.30. The van der Waals surface area contributed by atoms with Crippen molar-refractivity contribution in [3.05, 3.63) is 24.4 Å². The molecule has 38 heavy (non-hydrogen) atoms. The molecule has 1 saturated heterocycles. The Morgan fingerprint density at radius 3 is 2.61 bits per heavy atom. The van der Waals surface area contributed by atoms with Crippen LogP contribution in [-0.4, -0.2) is 65.9 Å². The number of nitrogens with zero attached hydrogens (tertiary/aromatic N) is 2. The minimum Gasteiger partial charge on any atom is -0.442 e. The first kappa shape index (κ1) is 28.3. The van der Waals surface area contributed by atoms with Gasteiger partial charge in [-0.15, -0.1) is 0 Å². The van der Waals surface area contributed by atoms with Gasteiger partial charge in [-0.1, -0.05) is 25.2 Å². The molecule has 2 heterocycles. The summed E-state index contributed by atoms with van der Waals surface area (Å²) in [7, 11) is -3.75. The highest BCUT2D eigenvalue weighted by Crippen LogP contribution is 2.46. The van der Waals surface area contributed by atoms with E-state index in [0.717, 1.165) is 32.1 Å². The number of carbonyl (C=O) groups excluding carboxylic acids is 3. The molecule has 3 fully saturated rings.